The predicted octanol–water partition coefficient (Wildman–Crippen LogP) is 4.37. The average Bonchev–Trinajstić information content (AvgIpc) is 2.41. The molecule has 2 aromatic carbocycles. The first-order valence-corrected chi connectivity index (χ1v) is 7.25. The quantitative estimate of drug-likeness (QED) is 0.848. The Morgan fingerprint density at radius 2 is 1.89 bits per heavy atom. The molecule has 0 aliphatic carbocycles. The topological polar surface area (TPSA) is 29.3 Å². The van der Waals surface area contributed by atoms with Crippen molar-refractivity contribution in [1.29, 1.82) is 0 Å². The fourth-order valence-corrected chi connectivity index (χ4v) is 2.60. The van der Waals surface area contributed by atoms with Gasteiger partial charge in [-0.15, -0.1) is 0 Å². The van der Waals surface area contributed by atoms with Crippen LogP contribution in [0.1, 0.15) is 18.1 Å². The lowest BCUT2D eigenvalue weighted by molar-refractivity contribution is 0.828. The average molecular weight is 319 g/mol. The third-order valence-corrected chi connectivity index (χ3v) is 3.96. The molecule has 0 saturated heterocycles. The standard InChI is InChI=1S/C16H19BrN2/c1-3-19(16-7-5-4-6-12(16)2)11-13-8-9-15(18)14(17)10-13/h4-10H,3,11,18H2,1-2H3. The number of hydrogen-bond donors (Lipinski definition) is 1. The molecule has 2 rings (SSSR count). The van der Waals surface area contributed by atoms with E-state index in [1.54, 1.807) is 0 Å². The van der Waals surface area contributed by atoms with Gasteiger partial charge in [0.1, 0.15) is 0 Å². The molecule has 0 spiro atoms. The van der Waals surface area contributed by atoms with Crippen LogP contribution in [0, 0.1) is 6.92 Å². The minimum Gasteiger partial charge on any atom is -0.398 e. The SMILES string of the molecule is CCN(Cc1ccc(N)c(Br)c1)c1ccccc1C. The first-order chi connectivity index (χ1) is 9.11. The highest BCUT2D eigenvalue weighted by Crippen LogP contribution is 2.24. The van der Waals surface area contributed by atoms with E-state index in [4.69, 9.17) is 5.73 Å². The molecule has 2 aromatic rings. The smallest absolute Gasteiger partial charge is 0.0458 e. The molecule has 0 aliphatic heterocycles. The summed E-state index contributed by atoms with van der Waals surface area (Å²) in [4.78, 5) is 2.37. The molecule has 0 aliphatic rings. The van der Waals surface area contributed by atoms with E-state index in [1.807, 2.05) is 6.07 Å². The highest BCUT2D eigenvalue weighted by Gasteiger charge is 2.08. The van der Waals surface area contributed by atoms with Crippen LogP contribution in [-0.2, 0) is 6.54 Å². The predicted molar refractivity (Wildman–Crippen MR) is 86.5 cm³/mol. The number of nitrogens with zero attached hydrogens (tertiary/aromatic N) is 1. The Kier molecular flexibility index (Phi) is 4.48. The summed E-state index contributed by atoms with van der Waals surface area (Å²) in [5.41, 5.74) is 10.5. The molecule has 0 radical (unpaired) electrons. The van der Waals surface area contributed by atoms with Crippen molar-refractivity contribution < 1.29 is 0 Å². The van der Waals surface area contributed by atoms with Gasteiger partial charge in [0.05, 0.1) is 0 Å². The van der Waals surface area contributed by atoms with Crippen molar-refractivity contribution in [2.75, 3.05) is 17.2 Å². The molecule has 0 saturated carbocycles. The number of benzene rings is 2. The van der Waals surface area contributed by atoms with Crippen molar-refractivity contribution in [3.05, 3.63) is 58.1 Å². The van der Waals surface area contributed by atoms with Gasteiger partial charge in [-0.2, -0.15) is 0 Å². The second-order valence-corrected chi connectivity index (χ2v) is 5.51. The highest BCUT2D eigenvalue weighted by atomic mass is 79.9. The van der Waals surface area contributed by atoms with Crippen LogP contribution in [-0.4, -0.2) is 6.54 Å². The van der Waals surface area contributed by atoms with E-state index in [0.29, 0.717) is 0 Å². The van der Waals surface area contributed by atoms with Crippen molar-refractivity contribution in [1.82, 2.24) is 0 Å². The number of hydrogen-bond acceptors (Lipinski definition) is 2. The maximum Gasteiger partial charge on any atom is 0.0458 e. The van der Waals surface area contributed by atoms with Crippen molar-refractivity contribution >= 4 is 27.3 Å². The van der Waals surface area contributed by atoms with Gasteiger partial charge in [0.2, 0.25) is 0 Å². The third-order valence-electron chi connectivity index (χ3n) is 3.28. The molecule has 0 amide bonds. The van der Waals surface area contributed by atoms with Crippen molar-refractivity contribution in [3.63, 3.8) is 0 Å². The summed E-state index contributed by atoms with van der Waals surface area (Å²) in [6.45, 7) is 6.20. The fraction of sp³-hybridized carbons (Fsp3) is 0.250. The fourth-order valence-electron chi connectivity index (χ4n) is 2.17. The first kappa shape index (κ1) is 13.9. The maximum absolute atomic E-state index is 5.83. The summed E-state index contributed by atoms with van der Waals surface area (Å²) >= 11 is 3.49. The number of anilines is 2. The molecule has 0 atom stereocenters. The first-order valence-electron chi connectivity index (χ1n) is 6.46. The molecular weight excluding hydrogens is 300 g/mol. The molecule has 0 fully saturated rings. The monoisotopic (exact) mass is 318 g/mol. The van der Waals surface area contributed by atoms with E-state index in [-0.39, 0.29) is 0 Å². The molecular formula is C16H19BrN2. The van der Waals surface area contributed by atoms with E-state index < -0.39 is 0 Å². The minimum absolute atomic E-state index is 0.780. The van der Waals surface area contributed by atoms with Crippen LogP contribution in [0.25, 0.3) is 0 Å². The van der Waals surface area contributed by atoms with Crippen molar-refractivity contribution in [2.24, 2.45) is 0 Å². The van der Waals surface area contributed by atoms with Crippen LogP contribution in [0.4, 0.5) is 11.4 Å². The summed E-state index contributed by atoms with van der Waals surface area (Å²) in [5, 5.41) is 0. The van der Waals surface area contributed by atoms with E-state index >= 15 is 0 Å². The van der Waals surface area contributed by atoms with Crippen molar-refractivity contribution in [2.45, 2.75) is 20.4 Å². The number of rotatable bonds is 4. The summed E-state index contributed by atoms with van der Waals surface area (Å²) in [6, 6.07) is 14.6. The Morgan fingerprint density at radius 1 is 1.16 bits per heavy atom. The van der Waals surface area contributed by atoms with Gasteiger partial charge in [-0.1, -0.05) is 24.3 Å². The molecule has 19 heavy (non-hydrogen) atoms. The van der Waals surface area contributed by atoms with E-state index in [1.165, 1.54) is 16.8 Å². The maximum atomic E-state index is 5.83. The Hall–Kier alpha value is -1.48. The van der Waals surface area contributed by atoms with Crippen LogP contribution in [0.15, 0.2) is 46.9 Å². The van der Waals surface area contributed by atoms with E-state index in [2.05, 4.69) is 71.1 Å². The number of para-hydroxylation sites is 1. The molecule has 2 nitrogen and oxygen atoms in total. The number of nitrogen functional groups attached to an aromatic ring is 1. The van der Waals surface area contributed by atoms with Crippen LogP contribution in [0.3, 0.4) is 0 Å². The summed E-state index contributed by atoms with van der Waals surface area (Å²) in [5.74, 6) is 0. The molecule has 0 heterocycles. The number of nitrogens with two attached hydrogens (primary N) is 1. The lowest BCUT2D eigenvalue weighted by atomic mass is 10.1. The zero-order valence-corrected chi connectivity index (χ0v) is 12.9. The Balaban J connectivity index is 2.24. The summed E-state index contributed by atoms with van der Waals surface area (Å²) in [7, 11) is 0. The second-order valence-electron chi connectivity index (χ2n) is 4.66. The van der Waals surface area contributed by atoms with Gasteiger partial charge in [0.15, 0.2) is 0 Å². The van der Waals surface area contributed by atoms with Crippen LogP contribution in [0.5, 0.6) is 0 Å². The lowest BCUT2D eigenvalue weighted by Gasteiger charge is -2.25. The lowest BCUT2D eigenvalue weighted by Crippen LogP contribution is -2.22. The molecule has 3 heteroatoms. The number of aryl methyl sites for hydroxylation is 1. The molecule has 100 valence electrons. The summed E-state index contributed by atoms with van der Waals surface area (Å²) in [6.07, 6.45) is 0. The highest BCUT2D eigenvalue weighted by molar-refractivity contribution is 9.10. The normalized spacial score (nSPS) is 10.5. The van der Waals surface area contributed by atoms with Gasteiger partial charge in [-0.3, -0.25) is 0 Å². The van der Waals surface area contributed by atoms with Crippen molar-refractivity contribution in [3.8, 4) is 0 Å². The molecule has 0 aromatic heterocycles. The largest absolute Gasteiger partial charge is 0.398 e. The van der Waals surface area contributed by atoms with Crippen LogP contribution >= 0.6 is 15.9 Å². The molecule has 2 N–H and O–H groups in total. The van der Waals surface area contributed by atoms with Crippen LogP contribution < -0.4 is 10.6 Å². The summed E-state index contributed by atoms with van der Waals surface area (Å²) < 4.78 is 0.964. The zero-order chi connectivity index (χ0) is 13.8. The van der Waals surface area contributed by atoms with Gasteiger partial charge < -0.3 is 10.6 Å². The molecule has 0 unspecified atom stereocenters. The van der Waals surface area contributed by atoms with Gasteiger partial charge in [-0.25, -0.2) is 0 Å². The Morgan fingerprint density at radius 3 is 2.53 bits per heavy atom. The third kappa shape index (κ3) is 3.29. The van der Waals surface area contributed by atoms with Gasteiger partial charge in [-0.05, 0) is 59.1 Å². The van der Waals surface area contributed by atoms with Crippen LogP contribution in [0.2, 0.25) is 0 Å². The number of halogens is 1. The van der Waals surface area contributed by atoms with Gasteiger partial charge >= 0.3 is 0 Å². The zero-order valence-electron chi connectivity index (χ0n) is 11.4. The Bertz CT molecular complexity index is 566. The second kappa shape index (κ2) is 6.11. The molecule has 0 bridgehead atoms. The minimum atomic E-state index is 0.780. The van der Waals surface area contributed by atoms with E-state index in [0.717, 1.165) is 23.2 Å². The van der Waals surface area contributed by atoms with Gasteiger partial charge in [0.25, 0.3) is 0 Å². The van der Waals surface area contributed by atoms with E-state index in [9.17, 15) is 0 Å². The Labute approximate surface area is 123 Å². The van der Waals surface area contributed by atoms with Gasteiger partial charge in [0, 0.05) is 28.9 Å².